The zero-order valence-corrected chi connectivity index (χ0v) is 11.9. The van der Waals surface area contributed by atoms with E-state index in [9.17, 15) is 10.2 Å². The van der Waals surface area contributed by atoms with Crippen LogP contribution >= 0.6 is 0 Å². The van der Waals surface area contributed by atoms with Gasteiger partial charge in [-0.15, -0.1) is 0 Å². The Kier molecular flexibility index (Phi) is 3.53. The number of rotatable bonds is 4. The lowest BCUT2D eigenvalue weighted by Crippen LogP contribution is -2.75. The largest absolute Gasteiger partial charge is 0.387 e. The third-order valence-corrected chi connectivity index (χ3v) is 4.46. The zero-order chi connectivity index (χ0) is 15.3. The summed E-state index contributed by atoms with van der Waals surface area (Å²) in [6.07, 6.45) is -2.35. The summed E-state index contributed by atoms with van der Waals surface area (Å²) in [5.41, 5.74) is 2.02. The Morgan fingerprint density at radius 2 is 1.59 bits per heavy atom. The molecular formula is C16H18O6. The molecule has 5 rings (SSSR count). The van der Waals surface area contributed by atoms with E-state index in [0.29, 0.717) is 6.61 Å². The summed E-state index contributed by atoms with van der Waals surface area (Å²) in [5.74, 6) is 0. The van der Waals surface area contributed by atoms with E-state index in [2.05, 4.69) is 6.58 Å². The predicted octanol–water partition coefficient (Wildman–Crippen LogP) is 0.417. The van der Waals surface area contributed by atoms with Crippen molar-refractivity contribution in [2.45, 2.75) is 49.7 Å². The molecule has 0 aromatic heterocycles. The number of hydrogen-bond acceptors (Lipinski definition) is 6. The third-order valence-electron chi connectivity index (χ3n) is 4.46. The molecule has 0 radical (unpaired) electrons. The van der Waals surface area contributed by atoms with Crippen molar-refractivity contribution in [3.05, 3.63) is 42.0 Å². The van der Waals surface area contributed by atoms with Crippen LogP contribution in [0.2, 0.25) is 0 Å². The van der Waals surface area contributed by atoms with Gasteiger partial charge in [-0.3, -0.25) is 0 Å². The quantitative estimate of drug-likeness (QED) is 0.839. The Morgan fingerprint density at radius 1 is 1.00 bits per heavy atom. The highest BCUT2D eigenvalue weighted by molar-refractivity contribution is 5.47. The van der Waals surface area contributed by atoms with Crippen LogP contribution < -0.4 is 0 Å². The molecule has 7 atom stereocenters. The fourth-order valence-electron chi connectivity index (χ4n) is 3.24. The lowest BCUT2D eigenvalue weighted by molar-refractivity contribution is -0.484. The van der Waals surface area contributed by atoms with Gasteiger partial charge in [-0.05, 0) is 11.1 Å². The molecule has 1 aliphatic carbocycles. The Hall–Kier alpha value is -1.28. The first-order chi connectivity index (χ1) is 10.7. The summed E-state index contributed by atoms with van der Waals surface area (Å²) in [5, 5.41) is 20.4. The van der Waals surface area contributed by atoms with E-state index in [0.717, 1.165) is 11.1 Å². The SMILES string of the molecule is C=Cc1ccc(COC2[C@H]3OC4OC([C@@H]3O)[C@H](O)[C@H]2O4)cc1. The molecule has 3 saturated heterocycles. The van der Waals surface area contributed by atoms with Crippen molar-refractivity contribution in [3.63, 3.8) is 0 Å². The van der Waals surface area contributed by atoms with Crippen LogP contribution in [0.25, 0.3) is 6.08 Å². The molecule has 6 heteroatoms. The van der Waals surface area contributed by atoms with E-state index >= 15 is 0 Å². The normalized spacial score (nSPS) is 42.5. The number of aliphatic hydroxyl groups excluding tert-OH is 2. The fraction of sp³-hybridized carbons (Fsp3) is 0.500. The summed E-state index contributed by atoms with van der Waals surface area (Å²) in [7, 11) is 0. The number of aliphatic hydroxyl groups is 2. The molecule has 3 heterocycles. The molecule has 6 nitrogen and oxygen atoms in total. The van der Waals surface area contributed by atoms with Gasteiger partial charge in [0, 0.05) is 0 Å². The van der Waals surface area contributed by atoms with Gasteiger partial charge in [0.15, 0.2) is 0 Å². The molecule has 3 aliphatic heterocycles. The van der Waals surface area contributed by atoms with Crippen molar-refractivity contribution < 1.29 is 29.2 Å². The van der Waals surface area contributed by atoms with E-state index in [-0.39, 0.29) is 0 Å². The summed E-state index contributed by atoms with van der Waals surface area (Å²) < 4.78 is 22.1. The number of ether oxygens (including phenoxy) is 4. The van der Waals surface area contributed by atoms with Crippen molar-refractivity contribution in [3.8, 4) is 0 Å². The maximum atomic E-state index is 10.2. The molecule has 0 amide bonds. The van der Waals surface area contributed by atoms with Gasteiger partial charge < -0.3 is 29.2 Å². The third kappa shape index (κ3) is 2.20. The molecule has 2 N–H and O–H groups in total. The van der Waals surface area contributed by atoms with Gasteiger partial charge in [0.05, 0.1) is 6.61 Å². The van der Waals surface area contributed by atoms with Gasteiger partial charge in [0.25, 0.3) is 6.48 Å². The Morgan fingerprint density at radius 3 is 2.18 bits per heavy atom. The molecule has 1 aromatic rings. The van der Waals surface area contributed by atoms with Crippen LogP contribution in [0.4, 0.5) is 0 Å². The standard InChI is InChI=1S/C16H18O6/c1-2-8-3-5-9(6-4-8)7-19-15-13-10(17)12-11(18)14(15)22-16(20-12)21-13/h2-6,10-18H,1,7H2/t10-,11-,12?,13-,14+,15?,16?/m0/s1. The van der Waals surface area contributed by atoms with Crippen LogP contribution in [0.3, 0.4) is 0 Å². The van der Waals surface area contributed by atoms with Crippen LogP contribution in [0.15, 0.2) is 30.8 Å². The molecule has 0 spiro atoms. The molecule has 4 bridgehead atoms. The fourth-order valence-corrected chi connectivity index (χ4v) is 3.24. The number of hydrogen-bond donors (Lipinski definition) is 2. The minimum Gasteiger partial charge on any atom is -0.387 e. The number of benzene rings is 1. The van der Waals surface area contributed by atoms with E-state index in [1.807, 2.05) is 24.3 Å². The Balaban J connectivity index is 1.47. The highest BCUT2D eigenvalue weighted by atomic mass is 16.9. The topological polar surface area (TPSA) is 77.4 Å². The summed E-state index contributed by atoms with van der Waals surface area (Å²) in [4.78, 5) is 0. The van der Waals surface area contributed by atoms with E-state index in [1.165, 1.54) is 0 Å². The van der Waals surface area contributed by atoms with Crippen molar-refractivity contribution in [2.24, 2.45) is 0 Å². The van der Waals surface area contributed by atoms with Crippen LogP contribution in [0.5, 0.6) is 0 Å². The van der Waals surface area contributed by atoms with Crippen molar-refractivity contribution in [1.82, 2.24) is 0 Å². The van der Waals surface area contributed by atoms with Gasteiger partial charge in [-0.2, -0.15) is 0 Å². The van der Waals surface area contributed by atoms with E-state index in [4.69, 9.17) is 18.9 Å². The highest BCUT2D eigenvalue weighted by Crippen LogP contribution is 2.41. The van der Waals surface area contributed by atoms with Crippen LogP contribution in [-0.4, -0.2) is 53.3 Å². The lowest BCUT2D eigenvalue weighted by atomic mass is 9.82. The first-order valence-electron chi connectivity index (χ1n) is 7.33. The molecule has 4 aliphatic rings. The van der Waals surface area contributed by atoms with Gasteiger partial charge in [0.1, 0.15) is 36.6 Å². The van der Waals surface area contributed by atoms with Crippen LogP contribution in [0, 0.1) is 0 Å². The van der Waals surface area contributed by atoms with Crippen molar-refractivity contribution in [1.29, 1.82) is 0 Å². The molecule has 1 saturated carbocycles. The summed E-state index contributed by atoms with van der Waals surface area (Å²) >= 11 is 0. The van der Waals surface area contributed by atoms with Crippen molar-refractivity contribution >= 4 is 6.08 Å². The van der Waals surface area contributed by atoms with Gasteiger partial charge in [-0.25, -0.2) is 0 Å². The minimum atomic E-state index is -0.917. The highest BCUT2D eigenvalue weighted by Gasteiger charge is 2.61. The average Bonchev–Trinajstić information content (AvgIpc) is 2.55. The first-order valence-corrected chi connectivity index (χ1v) is 7.33. The Labute approximate surface area is 127 Å². The predicted molar refractivity (Wildman–Crippen MR) is 75.5 cm³/mol. The minimum absolute atomic E-state index is 0.345. The molecule has 3 unspecified atom stereocenters. The van der Waals surface area contributed by atoms with Crippen LogP contribution in [0.1, 0.15) is 11.1 Å². The molecule has 22 heavy (non-hydrogen) atoms. The van der Waals surface area contributed by atoms with Crippen LogP contribution in [-0.2, 0) is 25.6 Å². The van der Waals surface area contributed by atoms with E-state index in [1.54, 1.807) is 6.08 Å². The Bertz CT molecular complexity index is 538. The van der Waals surface area contributed by atoms with Crippen molar-refractivity contribution in [2.75, 3.05) is 0 Å². The first kappa shape index (κ1) is 14.3. The second-order valence-electron chi connectivity index (χ2n) is 5.79. The molecular weight excluding hydrogens is 288 g/mol. The second kappa shape index (κ2) is 5.42. The van der Waals surface area contributed by atoms with Gasteiger partial charge in [0.2, 0.25) is 0 Å². The summed E-state index contributed by atoms with van der Waals surface area (Å²) in [6.45, 7) is 3.24. The molecule has 1 aromatic carbocycles. The average molecular weight is 306 g/mol. The smallest absolute Gasteiger partial charge is 0.272 e. The summed E-state index contributed by atoms with van der Waals surface area (Å²) in [6, 6.07) is 7.80. The van der Waals surface area contributed by atoms with E-state index < -0.39 is 43.1 Å². The lowest BCUT2D eigenvalue weighted by Gasteiger charge is -2.56. The maximum Gasteiger partial charge on any atom is 0.272 e. The van der Waals surface area contributed by atoms with Gasteiger partial charge in [-0.1, -0.05) is 36.9 Å². The second-order valence-corrected chi connectivity index (χ2v) is 5.79. The molecule has 118 valence electrons. The van der Waals surface area contributed by atoms with Gasteiger partial charge >= 0.3 is 0 Å². The molecule has 4 fully saturated rings. The zero-order valence-electron chi connectivity index (χ0n) is 11.9. The maximum absolute atomic E-state index is 10.2. The monoisotopic (exact) mass is 306 g/mol.